The third kappa shape index (κ3) is 2.57. The molecule has 0 aliphatic heterocycles. The maximum atomic E-state index is 11.5. The molecule has 2 aromatic carbocycles. The van der Waals surface area contributed by atoms with Crippen LogP contribution in [0.4, 0.5) is 5.88 Å². The highest BCUT2D eigenvalue weighted by Crippen LogP contribution is 2.43. The summed E-state index contributed by atoms with van der Waals surface area (Å²) in [5, 5.41) is 20.7. The minimum absolute atomic E-state index is 0.166. The summed E-state index contributed by atoms with van der Waals surface area (Å²) in [6.07, 6.45) is 0. The van der Waals surface area contributed by atoms with Gasteiger partial charge in [-0.05, 0) is 11.1 Å². The Morgan fingerprint density at radius 3 is 1.83 bits per heavy atom. The quantitative estimate of drug-likeness (QED) is 0.575. The van der Waals surface area contributed by atoms with Gasteiger partial charge >= 0.3 is 11.9 Å². The predicted octanol–water partition coefficient (Wildman–Crippen LogP) is 4.22. The van der Waals surface area contributed by atoms with Gasteiger partial charge in [-0.25, -0.2) is 4.79 Å². The molecule has 0 unspecified atom stereocenters. The summed E-state index contributed by atoms with van der Waals surface area (Å²) in [6, 6.07) is 17.2. The van der Waals surface area contributed by atoms with Crippen LogP contribution in [0.25, 0.3) is 22.3 Å². The topological polar surface area (TPSA) is 93.6 Å². The van der Waals surface area contributed by atoms with Crippen molar-refractivity contribution in [3.8, 4) is 22.3 Å². The van der Waals surface area contributed by atoms with E-state index in [0.29, 0.717) is 11.1 Å². The van der Waals surface area contributed by atoms with Crippen LogP contribution in [0.1, 0.15) is 10.6 Å². The molecule has 1 aromatic heterocycles. The maximum Gasteiger partial charge on any atom is 0.442 e. The number of nitro groups is 1. The van der Waals surface area contributed by atoms with Crippen LogP contribution in [-0.4, -0.2) is 16.0 Å². The lowest BCUT2D eigenvalue weighted by Gasteiger charge is -2.04. The Balaban J connectivity index is 2.40. The monoisotopic (exact) mass is 309 g/mol. The number of rotatable bonds is 4. The van der Waals surface area contributed by atoms with E-state index < -0.39 is 22.5 Å². The Morgan fingerprint density at radius 1 is 0.913 bits per heavy atom. The first-order valence-corrected chi connectivity index (χ1v) is 6.75. The minimum Gasteiger partial charge on any atom is -0.475 e. The molecule has 3 rings (SSSR count). The molecule has 0 aliphatic rings. The highest BCUT2D eigenvalue weighted by molar-refractivity contribution is 6.01. The average molecular weight is 309 g/mol. The number of nitrogens with zero attached hydrogens (tertiary/aromatic N) is 1. The number of aromatic carboxylic acids is 1. The molecule has 0 spiro atoms. The van der Waals surface area contributed by atoms with E-state index >= 15 is 0 Å². The fourth-order valence-corrected chi connectivity index (χ4v) is 2.45. The fourth-order valence-electron chi connectivity index (χ4n) is 2.45. The van der Waals surface area contributed by atoms with Crippen LogP contribution < -0.4 is 0 Å². The first kappa shape index (κ1) is 14.5. The number of hydrogen-bond donors (Lipinski definition) is 1. The number of carboxylic acids is 1. The van der Waals surface area contributed by atoms with Crippen LogP contribution >= 0.6 is 0 Å². The zero-order valence-electron chi connectivity index (χ0n) is 11.8. The third-order valence-electron chi connectivity index (χ3n) is 3.37. The number of benzene rings is 2. The number of hydrogen-bond acceptors (Lipinski definition) is 4. The standard InChI is InChI=1S/C17H11NO5/c19-17(20)15-13(11-7-3-1-4-8-11)14(16(23-15)18(21)22)12-9-5-2-6-10-12/h1-10H,(H,19,20). The van der Waals surface area contributed by atoms with Crippen LogP contribution in [0.3, 0.4) is 0 Å². The van der Waals surface area contributed by atoms with Crippen LogP contribution in [0, 0.1) is 10.1 Å². The van der Waals surface area contributed by atoms with Gasteiger partial charge in [-0.3, -0.25) is 10.1 Å². The molecule has 23 heavy (non-hydrogen) atoms. The van der Waals surface area contributed by atoms with E-state index in [1.165, 1.54) is 0 Å². The molecule has 0 saturated heterocycles. The summed E-state index contributed by atoms with van der Waals surface area (Å²) in [7, 11) is 0. The first-order chi connectivity index (χ1) is 11.1. The van der Waals surface area contributed by atoms with Gasteiger partial charge in [0.05, 0.1) is 5.56 Å². The second-order valence-corrected chi connectivity index (χ2v) is 4.78. The van der Waals surface area contributed by atoms with Crippen molar-refractivity contribution in [3.63, 3.8) is 0 Å². The number of carboxylic acid groups (broad SMARTS) is 1. The van der Waals surface area contributed by atoms with Gasteiger partial charge in [0.1, 0.15) is 10.5 Å². The zero-order chi connectivity index (χ0) is 16.4. The van der Waals surface area contributed by atoms with E-state index in [9.17, 15) is 20.0 Å². The predicted molar refractivity (Wildman–Crippen MR) is 83.2 cm³/mol. The van der Waals surface area contributed by atoms with Gasteiger partial charge in [-0.15, -0.1) is 0 Å². The summed E-state index contributed by atoms with van der Waals surface area (Å²) in [6.45, 7) is 0. The van der Waals surface area contributed by atoms with Crippen molar-refractivity contribution >= 4 is 11.9 Å². The summed E-state index contributed by atoms with van der Waals surface area (Å²) < 4.78 is 5.08. The second kappa shape index (κ2) is 5.76. The molecule has 0 radical (unpaired) electrons. The summed E-state index contributed by atoms with van der Waals surface area (Å²) in [5.41, 5.74) is 1.44. The Hall–Kier alpha value is -3.41. The molecule has 0 bridgehead atoms. The Kier molecular flexibility index (Phi) is 3.64. The van der Waals surface area contributed by atoms with Gasteiger partial charge in [0.2, 0.25) is 5.76 Å². The normalized spacial score (nSPS) is 10.4. The summed E-state index contributed by atoms with van der Waals surface area (Å²) in [5.74, 6) is -2.37. The highest BCUT2D eigenvalue weighted by atomic mass is 16.6. The van der Waals surface area contributed by atoms with E-state index in [4.69, 9.17) is 4.42 Å². The summed E-state index contributed by atoms with van der Waals surface area (Å²) in [4.78, 5) is 22.1. The summed E-state index contributed by atoms with van der Waals surface area (Å²) >= 11 is 0. The van der Waals surface area contributed by atoms with Crippen LogP contribution in [0.2, 0.25) is 0 Å². The first-order valence-electron chi connectivity index (χ1n) is 6.75. The second-order valence-electron chi connectivity index (χ2n) is 4.78. The Labute approximate surface area is 130 Å². The van der Waals surface area contributed by atoms with E-state index in [0.717, 1.165) is 0 Å². The van der Waals surface area contributed by atoms with Crippen LogP contribution in [0.5, 0.6) is 0 Å². The van der Waals surface area contributed by atoms with Crippen molar-refractivity contribution in [1.82, 2.24) is 0 Å². The molecule has 6 nitrogen and oxygen atoms in total. The number of furan rings is 1. The van der Waals surface area contributed by atoms with Crippen molar-refractivity contribution in [2.24, 2.45) is 0 Å². The van der Waals surface area contributed by atoms with Gasteiger partial charge in [0, 0.05) is 0 Å². The Bertz CT molecular complexity index is 797. The van der Waals surface area contributed by atoms with E-state index in [-0.39, 0.29) is 11.1 Å². The van der Waals surface area contributed by atoms with Crippen LogP contribution in [0.15, 0.2) is 65.1 Å². The maximum absolute atomic E-state index is 11.5. The van der Waals surface area contributed by atoms with Crippen molar-refractivity contribution in [2.45, 2.75) is 0 Å². The van der Waals surface area contributed by atoms with Crippen molar-refractivity contribution in [1.29, 1.82) is 0 Å². The molecule has 0 aliphatic carbocycles. The van der Waals surface area contributed by atoms with E-state index in [1.54, 1.807) is 60.7 Å². The van der Waals surface area contributed by atoms with E-state index in [2.05, 4.69) is 0 Å². The van der Waals surface area contributed by atoms with Crippen molar-refractivity contribution in [3.05, 3.63) is 76.5 Å². The molecule has 1 N–H and O–H groups in total. The molecule has 1 heterocycles. The molecule has 3 aromatic rings. The molecule has 0 atom stereocenters. The van der Waals surface area contributed by atoms with Gasteiger partial charge in [-0.1, -0.05) is 60.7 Å². The lowest BCUT2D eigenvalue weighted by molar-refractivity contribution is -0.401. The van der Waals surface area contributed by atoms with Gasteiger partial charge in [-0.2, -0.15) is 0 Å². The van der Waals surface area contributed by atoms with Gasteiger partial charge in [0.25, 0.3) is 0 Å². The van der Waals surface area contributed by atoms with Crippen molar-refractivity contribution in [2.75, 3.05) is 0 Å². The molecule has 0 fully saturated rings. The SMILES string of the molecule is O=C(O)c1oc([N+](=O)[O-])c(-c2ccccc2)c1-c1ccccc1. The lowest BCUT2D eigenvalue weighted by Crippen LogP contribution is -1.96. The molecular formula is C17H11NO5. The highest BCUT2D eigenvalue weighted by Gasteiger charge is 2.33. The van der Waals surface area contributed by atoms with Crippen LogP contribution in [-0.2, 0) is 0 Å². The Morgan fingerprint density at radius 2 is 1.39 bits per heavy atom. The van der Waals surface area contributed by atoms with E-state index in [1.807, 2.05) is 0 Å². The zero-order valence-corrected chi connectivity index (χ0v) is 11.8. The van der Waals surface area contributed by atoms with Gasteiger partial charge in [0.15, 0.2) is 0 Å². The number of carbonyl (C=O) groups is 1. The lowest BCUT2D eigenvalue weighted by atomic mass is 9.96. The smallest absolute Gasteiger partial charge is 0.442 e. The molecule has 0 amide bonds. The molecular weight excluding hydrogens is 298 g/mol. The average Bonchev–Trinajstić information content (AvgIpc) is 2.97. The fraction of sp³-hybridized carbons (Fsp3) is 0. The van der Waals surface area contributed by atoms with Crippen molar-refractivity contribution < 1.29 is 19.2 Å². The third-order valence-corrected chi connectivity index (χ3v) is 3.37. The molecule has 0 saturated carbocycles. The minimum atomic E-state index is -1.35. The van der Waals surface area contributed by atoms with Gasteiger partial charge < -0.3 is 9.52 Å². The molecule has 6 heteroatoms. The largest absolute Gasteiger partial charge is 0.475 e. The molecule has 114 valence electrons.